The Morgan fingerprint density at radius 1 is 1.25 bits per heavy atom. The average molecular weight is 163 g/mol. The van der Waals surface area contributed by atoms with Crippen LogP contribution in [0.2, 0.25) is 0 Å². The zero-order valence-corrected chi connectivity index (χ0v) is 7.62. The fraction of sp³-hybridized carbons (Fsp3) is 0.364. The summed E-state index contributed by atoms with van der Waals surface area (Å²) in [7, 11) is 0. The van der Waals surface area contributed by atoms with Crippen molar-refractivity contribution in [2.45, 2.75) is 26.4 Å². The number of aliphatic hydroxyl groups is 1. The summed E-state index contributed by atoms with van der Waals surface area (Å²) in [6.45, 7) is 3.90. The average Bonchev–Trinajstić information content (AvgIpc) is 2.06. The highest BCUT2D eigenvalue weighted by molar-refractivity contribution is 5.16. The van der Waals surface area contributed by atoms with Crippen LogP contribution in [-0.2, 0) is 6.42 Å². The fourth-order valence-electron chi connectivity index (χ4n) is 1.04. The summed E-state index contributed by atoms with van der Waals surface area (Å²) in [5, 5.41) is 9.54. The molecular formula is C11H15O. The maximum absolute atomic E-state index is 9.54. The van der Waals surface area contributed by atoms with Gasteiger partial charge < -0.3 is 5.11 Å². The quantitative estimate of drug-likeness (QED) is 0.724. The summed E-state index contributed by atoms with van der Waals surface area (Å²) in [6.07, 6.45) is 0.427. The van der Waals surface area contributed by atoms with E-state index in [0.29, 0.717) is 0 Å². The Labute approximate surface area is 74.1 Å². The molecule has 1 aromatic rings. The van der Waals surface area contributed by atoms with Gasteiger partial charge in [0.1, 0.15) is 0 Å². The number of hydrogen-bond donors (Lipinski definition) is 1. The van der Waals surface area contributed by atoms with Crippen LogP contribution in [0.3, 0.4) is 0 Å². The second-order valence-electron chi connectivity index (χ2n) is 3.28. The molecule has 1 atom stereocenters. The van der Waals surface area contributed by atoms with Crippen molar-refractivity contribution in [3.05, 3.63) is 41.8 Å². The molecule has 0 fully saturated rings. The van der Waals surface area contributed by atoms with E-state index in [1.807, 2.05) is 44.2 Å². The minimum Gasteiger partial charge on any atom is -0.392 e. The predicted octanol–water partition coefficient (Wildman–Crippen LogP) is 2.20. The molecule has 1 heteroatoms. The first-order valence-corrected chi connectivity index (χ1v) is 4.22. The van der Waals surface area contributed by atoms with Gasteiger partial charge in [0.25, 0.3) is 0 Å². The van der Waals surface area contributed by atoms with Gasteiger partial charge in [-0.1, -0.05) is 44.2 Å². The van der Waals surface area contributed by atoms with Crippen LogP contribution in [0.4, 0.5) is 0 Å². The monoisotopic (exact) mass is 163 g/mol. The van der Waals surface area contributed by atoms with Crippen LogP contribution in [0.25, 0.3) is 0 Å². The standard InChI is InChI=1S/C11H15O/c1-9(2)11(12)8-10-6-4-3-5-7-10/h3-7,11-12H,8H2,1-2H3. The Bertz CT molecular complexity index is 216. The minimum atomic E-state index is -0.299. The molecule has 0 spiro atoms. The van der Waals surface area contributed by atoms with Gasteiger partial charge in [0.05, 0.1) is 6.10 Å². The third-order valence-corrected chi connectivity index (χ3v) is 1.94. The maximum atomic E-state index is 9.54. The molecule has 0 amide bonds. The third-order valence-electron chi connectivity index (χ3n) is 1.94. The lowest BCUT2D eigenvalue weighted by Crippen LogP contribution is -2.15. The number of aliphatic hydroxyl groups excluding tert-OH is 1. The van der Waals surface area contributed by atoms with Gasteiger partial charge in [-0.3, -0.25) is 0 Å². The van der Waals surface area contributed by atoms with Crippen molar-refractivity contribution in [2.24, 2.45) is 0 Å². The molecule has 1 rings (SSSR count). The normalized spacial score (nSPS) is 13.3. The molecule has 0 aliphatic rings. The predicted molar refractivity (Wildman–Crippen MR) is 50.7 cm³/mol. The molecule has 0 aliphatic heterocycles. The van der Waals surface area contributed by atoms with E-state index < -0.39 is 0 Å². The Morgan fingerprint density at radius 2 is 1.83 bits per heavy atom. The maximum Gasteiger partial charge on any atom is 0.0637 e. The van der Waals surface area contributed by atoms with Crippen LogP contribution in [0, 0.1) is 5.92 Å². The molecule has 0 aliphatic carbocycles. The molecule has 0 bridgehead atoms. The van der Waals surface area contributed by atoms with Crippen LogP contribution in [0.1, 0.15) is 19.4 Å². The molecule has 0 heterocycles. The largest absolute Gasteiger partial charge is 0.392 e. The van der Waals surface area contributed by atoms with Crippen LogP contribution in [-0.4, -0.2) is 11.2 Å². The summed E-state index contributed by atoms with van der Waals surface area (Å²) in [6, 6.07) is 10.0. The van der Waals surface area contributed by atoms with Crippen LogP contribution in [0.5, 0.6) is 0 Å². The van der Waals surface area contributed by atoms with Crippen molar-refractivity contribution in [1.82, 2.24) is 0 Å². The molecule has 65 valence electrons. The van der Waals surface area contributed by atoms with E-state index in [-0.39, 0.29) is 6.10 Å². The first-order chi connectivity index (χ1) is 5.70. The molecular weight excluding hydrogens is 148 g/mol. The Kier molecular flexibility index (Phi) is 3.30. The molecule has 0 aromatic heterocycles. The smallest absolute Gasteiger partial charge is 0.0637 e. The summed E-state index contributed by atoms with van der Waals surface area (Å²) in [5.74, 6) is 1.07. The van der Waals surface area contributed by atoms with Crippen molar-refractivity contribution in [3.63, 3.8) is 0 Å². The lowest BCUT2D eigenvalue weighted by Gasteiger charge is -2.13. The van der Waals surface area contributed by atoms with Crippen molar-refractivity contribution in [2.75, 3.05) is 0 Å². The Balaban J connectivity index is 2.53. The number of rotatable bonds is 3. The molecule has 12 heavy (non-hydrogen) atoms. The van der Waals surface area contributed by atoms with Crippen LogP contribution < -0.4 is 0 Å². The van der Waals surface area contributed by atoms with Gasteiger partial charge in [0.2, 0.25) is 0 Å². The van der Waals surface area contributed by atoms with E-state index in [9.17, 15) is 5.11 Å². The summed E-state index contributed by atoms with van der Waals surface area (Å²) in [5.41, 5.74) is 1.19. The zero-order valence-electron chi connectivity index (χ0n) is 7.62. The van der Waals surface area contributed by atoms with Gasteiger partial charge in [0, 0.05) is 0 Å². The van der Waals surface area contributed by atoms with Gasteiger partial charge in [-0.25, -0.2) is 0 Å². The van der Waals surface area contributed by atoms with E-state index in [4.69, 9.17) is 0 Å². The molecule has 1 aromatic carbocycles. The highest BCUT2D eigenvalue weighted by Gasteiger charge is 2.09. The Morgan fingerprint density at radius 3 is 2.33 bits per heavy atom. The summed E-state index contributed by atoms with van der Waals surface area (Å²) < 4.78 is 0. The molecule has 1 radical (unpaired) electrons. The lowest BCUT2D eigenvalue weighted by molar-refractivity contribution is 0.189. The Hall–Kier alpha value is -0.820. The van der Waals surface area contributed by atoms with Crippen molar-refractivity contribution in [1.29, 1.82) is 0 Å². The topological polar surface area (TPSA) is 20.2 Å². The number of hydrogen-bond acceptors (Lipinski definition) is 1. The summed E-state index contributed by atoms with van der Waals surface area (Å²) in [4.78, 5) is 0. The molecule has 0 saturated carbocycles. The second kappa shape index (κ2) is 4.27. The van der Waals surface area contributed by atoms with E-state index in [2.05, 4.69) is 0 Å². The second-order valence-corrected chi connectivity index (χ2v) is 3.28. The zero-order chi connectivity index (χ0) is 8.97. The highest BCUT2D eigenvalue weighted by Crippen LogP contribution is 2.10. The molecule has 0 saturated heterocycles. The third kappa shape index (κ3) is 2.67. The fourth-order valence-corrected chi connectivity index (χ4v) is 1.04. The highest BCUT2D eigenvalue weighted by atomic mass is 16.3. The van der Waals surface area contributed by atoms with Crippen molar-refractivity contribution >= 4 is 0 Å². The van der Waals surface area contributed by atoms with Gasteiger partial charge >= 0.3 is 0 Å². The van der Waals surface area contributed by atoms with Gasteiger partial charge in [0.15, 0.2) is 0 Å². The van der Waals surface area contributed by atoms with Crippen molar-refractivity contribution in [3.8, 4) is 0 Å². The van der Waals surface area contributed by atoms with Crippen LogP contribution >= 0.6 is 0 Å². The lowest BCUT2D eigenvalue weighted by atomic mass is 10.00. The number of benzene rings is 1. The van der Waals surface area contributed by atoms with Gasteiger partial charge in [-0.15, -0.1) is 0 Å². The van der Waals surface area contributed by atoms with E-state index in [1.54, 1.807) is 0 Å². The van der Waals surface area contributed by atoms with Gasteiger partial charge in [-0.05, 0) is 17.9 Å². The first kappa shape index (κ1) is 9.27. The van der Waals surface area contributed by atoms with E-state index in [0.717, 1.165) is 12.3 Å². The summed E-state index contributed by atoms with van der Waals surface area (Å²) >= 11 is 0. The van der Waals surface area contributed by atoms with Crippen LogP contribution in [0.15, 0.2) is 30.3 Å². The van der Waals surface area contributed by atoms with E-state index >= 15 is 0 Å². The molecule has 1 unspecified atom stereocenters. The first-order valence-electron chi connectivity index (χ1n) is 4.22. The van der Waals surface area contributed by atoms with E-state index in [1.165, 1.54) is 5.56 Å². The minimum absolute atomic E-state index is 0.299. The molecule has 1 nitrogen and oxygen atoms in total. The van der Waals surface area contributed by atoms with Gasteiger partial charge in [-0.2, -0.15) is 0 Å². The van der Waals surface area contributed by atoms with Crippen molar-refractivity contribution < 1.29 is 5.11 Å². The SMILES string of the molecule is C[C](C)C(O)Cc1ccccc1. The molecule has 1 N–H and O–H groups in total.